The third kappa shape index (κ3) is 4.81. The second kappa shape index (κ2) is 9.53. The van der Waals surface area contributed by atoms with E-state index in [1.807, 2.05) is 85.1 Å². The first kappa shape index (κ1) is 20.8. The molecule has 0 bridgehead atoms. The van der Waals surface area contributed by atoms with Crippen molar-refractivity contribution in [3.63, 3.8) is 0 Å². The minimum Gasteiger partial charge on any atom is -0.496 e. The Morgan fingerprint density at radius 1 is 1.03 bits per heavy atom. The van der Waals surface area contributed by atoms with E-state index in [1.54, 1.807) is 29.8 Å². The molecule has 6 heteroatoms. The minimum atomic E-state index is -0.210. The maximum Gasteiger partial charge on any atom is 0.259 e. The lowest BCUT2D eigenvalue weighted by Crippen LogP contribution is -2.12. The average Bonchev–Trinajstić information content (AvgIpc) is 3.23. The fourth-order valence-corrected chi connectivity index (χ4v) is 3.84. The highest BCUT2D eigenvalue weighted by molar-refractivity contribution is 7.98. The standard InChI is InChI=1S/C25H23N3O2S/c1-30-23-14-7-6-13-21(23)24-22(17-28(27-24)16-18-9-4-3-5-10-18)25(29)26-19-11-8-12-20(15-19)31-2/h3-15,17H,16H2,1-2H3,(H,26,29). The molecule has 0 aliphatic rings. The molecule has 1 N–H and O–H groups in total. The molecule has 0 aliphatic heterocycles. The first-order chi connectivity index (χ1) is 15.2. The second-order valence-electron chi connectivity index (χ2n) is 6.96. The summed E-state index contributed by atoms with van der Waals surface area (Å²) in [6.45, 7) is 0.568. The maximum atomic E-state index is 13.3. The molecule has 0 saturated carbocycles. The van der Waals surface area contributed by atoms with Gasteiger partial charge in [0.15, 0.2) is 0 Å². The molecule has 4 rings (SSSR count). The Labute approximate surface area is 186 Å². The number of aromatic nitrogens is 2. The zero-order valence-electron chi connectivity index (χ0n) is 17.4. The van der Waals surface area contributed by atoms with Gasteiger partial charge in [0.25, 0.3) is 5.91 Å². The number of carbonyl (C=O) groups excluding carboxylic acids is 1. The van der Waals surface area contributed by atoms with E-state index in [2.05, 4.69) is 5.32 Å². The molecule has 3 aromatic carbocycles. The lowest BCUT2D eigenvalue weighted by Gasteiger charge is -2.09. The van der Waals surface area contributed by atoms with Gasteiger partial charge in [-0.2, -0.15) is 5.10 Å². The molecular formula is C25H23N3O2S. The molecule has 0 fully saturated rings. The zero-order valence-corrected chi connectivity index (χ0v) is 18.2. The average molecular weight is 430 g/mol. The number of ether oxygens (including phenoxy) is 1. The fraction of sp³-hybridized carbons (Fsp3) is 0.120. The van der Waals surface area contributed by atoms with Crippen LogP contribution in [0.5, 0.6) is 5.75 Å². The molecule has 4 aromatic rings. The topological polar surface area (TPSA) is 56.2 Å². The summed E-state index contributed by atoms with van der Waals surface area (Å²) in [7, 11) is 1.62. The van der Waals surface area contributed by atoms with Crippen molar-refractivity contribution in [1.82, 2.24) is 9.78 Å². The molecule has 0 aliphatic carbocycles. The van der Waals surface area contributed by atoms with E-state index in [0.717, 1.165) is 21.7 Å². The number of para-hydroxylation sites is 1. The van der Waals surface area contributed by atoms with Gasteiger partial charge >= 0.3 is 0 Å². The number of amides is 1. The number of thioether (sulfide) groups is 1. The van der Waals surface area contributed by atoms with Gasteiger partial charge in [0.05, 0.1) is 19.2 Å². The van der Waals surface area contributed by atoms with Gasteiger partial charge in [0, 0.05) is 22.3 Å². The quantitative estimate of drug-likeness (QED) is 0.390. The Hall–Kier alpha value is -3.51. The molecule has 31 heavy (non-hydrogen) atoms. The Bertz CT molecular complexity index is 1190. The van der Waals surface area contributed by atoms with Crippen LogP contribution in [-0.4, -0.2) is 29.1 Å². The van der Waals surface area contributed by atoms with E-state index in [-0.39, 0.29) is 5.91 Å². The van der Waals surface area contributed by atoms with Crippen molar-refractivity contribution in [2.24, 2.45) is 0 Å². The van der Waals surface area contributed by atoms with E-state index < -0.39 is 0 Å². The largest absolute Gasteiger partial charge is 0.496 e. The maximum absolute atomic E-state index is 13.3. The smallest absolute Gasteiger partial charge is 0.259 e. The predicted molar refractivity (Wildman–Crippen MR) is 126 cm³/mol. The van der Waals surface area contributed by atoms with Crippen molar-refractivity contribution in [2.75, 3.05) is 18.7 Å². The van der Waals surface area contributed by atoms with Crippen LogP contribution in [0.3, 0.4) is 0 Å². The van der Waals surface area contributed by atoms with Gasteiger partial charge < -0.3 is 10.1 Å². The van der Waals surface area contributed by atoms with E-state index in [4.69, 9.17) is 9.84 Å². The van der Waals surface area contributed by atoms with Crippen molar-refractivity contribution in [2.45, 2.75) is 11.4 Å². The third-order valence-corrected chi connectivity index (χ3v) is 5.61. The summed E-state index contributed by atoms with van der Waals surface area (Å²) >= 11 is 1.63. The highest BCUT2D eigenvalue weighted by Crippen LogP contribution is 2.32. The van der Waals surface area contributed by atoms with Crippen molar-refractivity contribution in [1.29, 1.82) is 0 Å². The van der Waals surface area contributed by atoms with Crippen LogP contribution in [0, 0.1) is 0 Å². The van der Waals surface area contributed by atoms with Crippen LogP contribution in [0.2, 0.25) is 0 Å². The molecular weight excluding hydrogens is 406 g/mol. The number of benzene rings is 3. The first-order valence-corrected chi connectivity index (χ1v) is 11.1. The van der Waals surface area contributed by atoms with Crippen LogP contribution in [0.15, 0.2) is 90.0 Å². The number of carbonyl (C=O) groups is 1. The highest BCUT2D eigenvalue weighted by atomic mass is 32.2. The molecule has 1 amide bonds. The van der Waals surface area contributed by atoms with Crippen molar-refractivity contribution < 1.29 is 9.53 Å². The molecule has 156 valence electrons. The van der Waals surface area contributed by atoms with Crippen LogP contribution >= 0.6 is 11.8 Å². The Morgan fingerprint density at radius 3 is 2.58 bits per heavy atom. The summed E-state index contributed by atoms with van der Waals surface area (Å²) in [6.07, 6.45) is 3.80. The Kier molecular flexibility index (Phi) is 6.38. The molecule has 0 unspecified atom stereocenters. The van der Waals surface area contributed by atoms with Gasteiger partial charge in [-0.05, 0) is 42.2 Å². The van der Waals surface area contributed by atoms with E-state index in [0.29, 0.717) is 23.6 Å². The molecule has 0 radical (unpaired) electrons. The van der Waals surface area contributed by atoms with E-state index in [9.17, 15) is 4.79 Å². The lowest BCUT2D eigenvalue weighted by molar-refractivity contribution is 0.102. The number of nitrogens with zero attached hydrogens (tertiary/aromatic N) is 2. The second-order valence-corrected chi connectivity index (χ2v) is 7.84. The monoisotopic (exact) mass is 429 g/mol. The lowest BCUT2D eigenvalue weighted by atomic mass is 10.1. The van der Waals surface area contributed by atoms with E-state index >= 15 is 0 Å². The molecule has 0 atom stereocenters. The summed E-state index contributed by atoms with van der Waals surface area (Å²) < 4.78 is 7.32. The number of nitrogens with one attached hydrogen (secondary N) is 1. The Morgan fingerprint density at radius 2 is 1.81 bits per heavy atom. The summed E-state index contributed by atoms with van der Waals surface area (Å²) in [5, 5.41) is 7.76. The number of hydrogen-bond acceptors (Lipinski definition) is 4. The molecule has 0 spiro atoms. The number of anilines is 1. The summed E-state index contributed by atoms with van der Waals surface area (Å²) in [6, 6.07) is 25.4. The SMILES string of the molecule is COc1ccccc1-c1nn(Cc2ccccc2)cc1C(=O)Nc1cccc(SC)c1. The van der Waals surface area contributed by atoms with Gasteiger partial charge in [-0.15, -0.1) is 11.8 Å². The van der Waals surface area contributed by atoms with Crippen molar-refractivity contribution in [3.05, 3.63) is 96.2 Å². The zero-order chi connectivity index (χ0) is 21.6. The Balaban J connectivity index is 1.72. The number of rotatable bonds is 7. The normalized spacial score (nSPS) is 10.6. The fourth-order valence-electron chi connectivity index (χ4n) is 3.38. The van der Waals surface area contributed by atoms with Gasteiger partial charge in [0.2, 0.25) is 0 Å². The molecule has 0 saturated heterocycles. The van der Waals surface area contributed by atoms with Gasteiger partial charge in [-0.3, -0.25) is 9.48 Å². The van der Waals surface area contributed by atoms with Crippen molar-refractivity contribution >= 4 is 23.4 Å². The molecule has 5 nitrogen and oxygen atoms in total. The summed E-state index contributed by atoms with van der Waals surface area (Å²) in [5.41, 5.74) is 3.72. The molecule has 1 heterocycles. The van der Waals surface area contributed by atoms with Crippen molar-refractivity contribution in [3.8, 4) is 17.0 Å². The van der Waals surface area contributed by atoms with Crippen LogP contribution < -0.4 is 10.1 Å². The summed E-state index contributed by atoms with van der Waals surface area (Å²) in [5.74, 6) is 0.462. The van der Waals surface area contributed by atoms with Crippen LogP contribution in [-0.2, 0) is 6.54 Å². The number of methoxy groups -OCH3 is 1. The van der Waals surface area contributed by atoms with Crippen LogP contribution in [0.1, 0.15) is 15.9 Å². The van der Waals surface area contributed by atoms with Gasteiger partial charge in [-0.1, -0.05) is 48.5 Å². The molecule has 1 aromatic heterocycles. The third-order valence-electron chi connectivity index (χ3n) is 4.88. The van der Waals surface area contributed by atoms with Gasteiger partial charge in [0.1, 0.15) is 11.4 Å². The highest BCUT2D eigenvalue weighted by Gasteiger charge is 2.21. The minimum absolute atomic E-state index is 0.210. The summed E-state index contributed by atoms with van der Waals surface area (Å²) in [4.78, 5) is 14.3. The van der Waals surface area contributed by atoms with Gasteiger partial charge in [-0.25, -0.2) is 0 Å². The number of hydrogen-bond donors (Lipinski definition) is 1. The van der Waals surface area contributed by atoms with E-state index in [1.165, 1.54) is 0 Å². The first-order valence-electron chi connectivity index (χ1n) is 9.88. The predicted octanol–water partition coefficient (Wildman–Crippen LogP) is 5.58. The van der Waals surface area contributed by atoms with Crippen LogP contribution in [0.4, 0.5) is 5.69 Å². The van der Waals surface area contributed by atoms with Crippen LogP contribution in [0.25, 0.3) is 11.3 Å².